The van der Waals surface area contributed by atoms with Crippen LogP contribution >= 0.6 is 15.6 Å². The summed E-state index contributed by atoms with van der Waals surface area (Å²) in [6.07, 6.45) is 57.0. The van der Waals surface area contributed by atoms with Gasteiger partial charge in [0.05, 0.1) is 26.4 Å². The summed E-state index contributed by atoms with van der Waals surface area (Å²) in [5.74, 6) is 0.296. The predicted molar refractivity (Wildman–Crippen MR) is 400 cm³/mol. The molecule has 0 saturated carbocycles. The van der Waals surface area contributed by atoms with Gasteiger partial charge in [0.15, 0.2) is 12.2 Å². The van der Waals surface area contributed by atoms with Crippen LogP contribution in [0.5, 0.6) is 0 Å². The first-order valence-corrected chi connectivity index (χ1v) is 43.9. The Bertz CT molecular complexity index is 1910. The van der Waals surface area contributed by atoms with E-state index in [0.717, 1.165) is 120 Å². The van der Waals surface area contributed by atoms with Crippen molar-refractivity contribution in [1.29, 1.82) is 0 Å². The van der Waals surface area contributed by atoms with Crippen molar-refractivity contribution in [3.63, 3.8) is 0 Å². The summed E-state index contributed by atoms with van der Waals surface area (Å²) in [5, 5.41) is 10.6. The number of hydrogen-bond donors (Lipinski definition) is 3. The zero-order valence-corrected chi connectivity index (χ0v) is 66.0. The molecule has 6 atom stereocenters. The van der Waals surface area contributed by atoms with Gasteiger partial charge in [0.1, 0.15) is 19.3 Å². The summed E-state index contributed by atoms with van der Waals surface area (Å²) >= 11 is 0. The van der Waals surface area contributed by atoms with Crippen molar-refractivity contribution in [2.24, 2.45) is 17.8 Å². The molecule has 0 radical (unpaired) electrons. The number of aliphatic hydroxyl groups is 1. The quantitative estimate of drug-likeness (QED) is 0.0222. The summed E-state index contributed by atoms with van der Waals surface area (Å²) in [6.45, 7) is 12.0. The first-order valence-electron chi connectivity index (χ1n) is 40.9. The maximum Gasteiger partial charge on any atom is 0.472 e. The number of ether oxygens (including phenoxy) is 4. The zero-order chi connectivity index (χ0) is 72.3. The maximum atomic E-state index is 13.1. The van der Waals surface area contributed by atoms with E-state index in [9.17, 15) is 43.2 Å². The number of carbonyl (C=O) groups is 4. The molecule has 0 aliphatic rings. The van der Waals surface area contributed by atoms with Crippen molar-refractivity contribution in [3.05, 3.63) is 0 Å². The molecule has 0 bridgehead atoms. The van der Waals surface area contributed by atoms with Crippen LogP contribution < -0.4 is 0 Å². The second-order valence-corrected chi connectivity index (χ2v) is 32.6. The number of aliphatic hydroxyl groups excluding tert-OH is 1. The van der Waals surface area contributed by atoms with Crippen LogP contribution in [0.3, 0.4) is 0 Å². The van der Waals surface area contributed by atoms with Gasteiger partial charge in [-0.25, -0.2) is 9.13 Å². The second kappa shape index (κ2) is 69.4. The normalized spacial score (nSPS) is 14.3. The van der Waals surface area contributed by atoms with Gasteiger partial charge in [-0.15, -0.1) is 0 Å². The number of hydrogen-bond acceptors (Lipinski definition) is 15. The molecule has 0 saturated heterocycles. The van der Waals surface area contributed by atoms with Crippen LogP contribution in [0.15, 0.2) is 0 Å². The summed E-state index contributed by atoms with van der Waals surface area (Å²) in [6, 6.07) is 0. The third-order valence-corrected chi connectivity index (χ3v) is 20.6. The van der Waals surface area contributed by atoms with Gasteiger partial charge in [-0.1, -0.05) is 357 Å². The van der Waals surface area contributed by atoms with Crippen LogP contribution in [0.1, 0.15) is 408 Å². The molecule has 0 rings (SSSR count). The SMILES string of the molecule is CCCCCCCCCC(=O)OC[C@H](COP(=O)(O)OC[C@H](O)COP(=O)(O)OC[C@@H](COC(=O)CCCCCCCCCCCCCCCC(C)C)OC(=O)CCCCCCCCCCCCCCCCCCCCC(C)C)OC(=O)CCCCCCCCCCCCC(C)CC. The van der Waals surface area contributed by atoms with Gasteiger partial charge in [-0.2, -0.15) is 0 Å². The summed E-state index contributed by atoms with van der Waals surface area (Å²) in [4.78, 5) is 72.8. The number of carbonyl (C=O) groups excluding carboxylic acids is 4. The Morgan fingerprint density at radius 2 is 0.520 bits per heavy atom. The molecule has 0 aromatic heterocycles. The molecule has 17 nitrogen and oxygen atoms in total. The zero-order valence-electron chi connectivity index (χ0n) is 64.3. The van der Waals surface area contributed by atoms with Gasteiger partial charge in [-0.3, -0.25) is 37.3 Å². The molecule has 0 aliphatic heterocycles. The molecule has 582 valence electrons. The number of rotatable bonds is 77. The van der Waals surface area contributed by atoms with Crippen LogP contribution in [0, 0.1) is 17.8 Å². The van der Waals surface area contributed by atoms with Crippen molar-refractivity contribution in [1.82, 2.24) is 0 Å². The molecule has 19 heteroatoms. The van der Waals surface area contributed by atoms with E-state index in [-0.39, 0.29) is 25.7 Å². The summed E-state index contributed by atoms with van der Waals surface area (Å²) < 4.78 is 68.5. The average molecular weight is 1440 g/mol. The molecular weight excluding hydrogens is 1280 g/mol. The van der Waals surface area contributed by atoms with Gasteiger partial charge in [-0.05, 0) is 43.4 Å². The minimum Gasteiger partial charge on any atom is -0.462 e. The number of phosphoric acid groups is 2. The lowest BCUT2D eigenvalue weighted by atomic mass is 9.99. The third-order valence-electron chi connectivity index (χ3n) is 18.7. The van der Waals surface area contributed by atoms with Crippen LogP contribution in [0.2, 0.25) is 0 Å². The van der Waals surface area contributed by atoms with Crippen LogP contribution in [-0.4, -0.2) is 96.7 Å². The maximum absolute atomic E-state index is 13.1. The Morgan fingerprint density at radius 1 is 0.296 bits per heavy atom. The first-order chi connectivity index (χ1) is 47.3. The van der Waals surface area contributed by atoms with Gasteiger partial charge >= 0.3 is 39.5 Å². The molecular formula is C79H154O17P2. The Balaban J connectivity index is 5.18. The van der Waals surface area contributed by atoms with E-state index in [1.165, 1.54) is 205 Å². The molecule has 0 spiro atoms. The topological polar surface area (TPSA) is 237 Å². The van der Waals surface area contributed by atoms with E-state index < -0.39 is 97.5 Å². The highest BCUT2D eigenvalue weighted by Gasteiger charge is 2.30. The number of unbranched alkanes of at least 4 members (excludes halogenated alkanes) is 44. The highest BCUT2D eigenvalue weighted by atomic mass is 31.2. The molecule has 0 heterocycles. The fourth-order valence-electron chi connectivity index (χ4n) is 12.1. The number of esters is 4. The summed E-state index contributed by atoms with van der Waals surface area (Å²) in [7, 11) is -9.91. The lowest BCUT2D eigenvalue weighted by Gasteiger charge is -2.21. The van der Waals surface area contributed by atoms with Crippen LogP contribution in [0.4, 0.5) is 0 Å². The molecule has 3 unspecified atom stereocenters. The molecule has 0 amide bonds. The summed E-state index contributed by atoms with van der Waals surface area (Å²) in [5.41, 5.74) is 0. The molecule has 0 fully saturated rings. The Morgan fingerprint density at radius 3 is 0.776 bits per heavy atom. The largest absolute Gasteiger partial charge is 0.472 e. The van der Waals surface area contributed by atoms with E-state index in [2.05, 4.69) is 48.5 Å². The van der Waals surface area contributed by atoms with Crippen molar-refractivity contribution in [3.8, 4) is 0 Å². The molecule has 3 N–H and O–H groups in total. The molecule has 0 aromatic carbocycles. The third kappa shape index (κ3) is 71.1. The Kier molecular flexibility index (Phi) is 68.1. The monoisotopic (exact) mass is 1440 g/mol. The van der Waals surface area contributed by atoms with Crippen LogP contribution in [0.25, 0.3) is 0 Å². The van der Waals surface area contributed by atoms with Gasteiger partial charge in [0.25, 0.3) is 0 Å². The molecule has 98 heavy (non-hydrogen) atoms. The van der Waals surface area contributed by atoms with E-state index in [1.807, 2.05) is 0 Å². The standard InChI is InChI=1S/C79H154O17P2/c1-8-10-11-12-36-46-53-60-76(81)89-66-74(95-79(84)63-56-49-42-35-29-28-32-39-45-52-59-72(7)9-2)68-93-97(85,86)91-64-73(80)65-92-98(87,88)94-69-75(67-90-77(82)61-54-47-40-33-26-23-19-21-25-31-38-44-51-58-71(5)6)96-78(83)62-55-48-41-34-27-22-18-16-14-13-15-17-20-24-30-37-43-50-57-70(3)4/h70-75,80H,8-69H2,1-7H3,(H,85,86)(H,87,88)/t72?,73-,74+,75+/m0/s1. The second-order valence-electron chi connectivity index (χ2n) is 29.6. The van der Waals surface area contributed by atoms with E-state index >= 15 is 0 Å². The van der Waals surface area contributed by atoms with E-state index in [1.54, 1.807) is 0 Å². The van der Waals surface area contributed by atoms with Crippen molar-refractivity contribution >= 4 is 39.5 Å². The lowest BCUT2D eigenvalue weighted by molar-refractivity contribution is -0.161. The fourth-order valence-corrected chi connectivity index (χ4v) is 13.7. The Hall–Kier alpha value is -1.94. The lowest BCUT2D eigenvalue weighted by Crippen LogP contribution is -2.30. The van der Waals surface area contributed by atoms with Gasteiger partial charge in [0.2, 0.25) is 0 Å². The van der Waals surface area contributed by atoms with Gasteiger partial charge < -0.3 is 33.8 Å². The predicted octanol–water partition coefficient (Wildman–Crippen LogP) is 23.4. The average Bonchev–Trinajstić information content (AvgIpc) is 1.03. The van der Waals surface area contributed by atoms with Gasteiger partial charge in [0, 0.05) is 25.7 Å². The molecule has 0 aromatic rings. The van der Waals surface area contributed by atoms with E-state index in [0.29, 0.717) is 25.7 Å². The highest BCUT2D eigenvalue weighted by molar-refractivity contribution is 7.47. The Labute approximate surface area is 600 Å². The highest BCUT2D eigenvalue weighted by Crippen LogP contribution is 2.45. The minimum atomic E-state index is -4.96. The van der Waals surface area contributed by atoms with Crippen molar-refractivity contribution in [2.75, 3.05) is 39.6 Å². The van der Waals surface area contributed by atoms with Crippen LogP contribution in [-0.2, 0) is 65.4 Å². The molecule has 0 aliphatic carbocycles. The number of phosphoric ester groups is 2. The van der Waals surface area contributed by atoms with Crippen molar-refractivity contribution < 1.29 is 80.2 Å². The van der Waals surface area contributed by atoms with E-state index in [4.69, 9.17) is 37.0 Å². The fraction of sp³-hybridized carbons (Fsp3) is 0.949. The minimum absolute atomic E-state index is 0.106. The first kappa shape index (κ1) is 96.1. The smallest absolute Gasteiger partial charge is 0.462 e. The van der Waals surface area contributed by atoms with Crippen molar-refractivity contribution in [2.45, 2.75) is 426 Å².